The second-order valence-corrected chi connectivity index (χ2v) is 4.54. The van der Waals surface area contributed by atoms with E-state index in [1.165, 1.54) is 12.0 Å². The van der Waals surface area contributed by atoms with Crippen LogP contribution in [0.5, 0.6) is 5.75 Å². The van der Waals surface area contributed by atoms with Gasteiger partial charge in [0.15, 0.2) is 5.11 Å². The summed E-state index contributed by atoms with van der Waals surface area (Å²) in [6.45, 7) is 3.97. The van der Waals surface area contributed by atoms with E-state index in [1.807, 2.05) is 12.1 Å². The third-order valence-electron chi connectivity index (χ3n) is 2.67. The van der Waals surface area contributed by atoms with Gasteiger partial charge in [-0.3, -0.25) is 0 Å². The van der Waals surface area contributed by atoms with E-state index in [2.05, 4.69) is 29.7 Å². The lowest BCUT2D eigenvalue weighted by molar-refractivity contribution is 0.414. The molecule has 3 nitrogen and oxygen atoms in total. The van der Waals surface area contributed by atoms with Gasteiger partial charge in [-0.05, 0) is 42.8 Å². The molecule has 1 rings (SSSR count). The number of thiocarbonyl (C=S) groups is 1. The molecule has 0 saturated carbocycles. The number of hydrogen-bond acceptors (Lipinski definition) is 2. The summed E-state index contributed by atoms with van der Waals surface area (Å²) in [5.74, 6) is 0.892. The minimum Gasteiger partial charge on any atom is -0.497 e. The molecule has 0 aliphatic carbocycles. The van der Waals surface area contributed by atoms with Gasteiger partial charge in [0.2, 0.25) is 0 Å². The molecule has 0 aliphatic rings. The number of rotatable bonds is 7. The SMILES string of the molecule is CCCCNC(=S)NCCc1ccc(OC)cc1. The highest BCUT2D eigenvalue weighted by molar-refractivity contribution is 7.80. The third-order valence-corrected chi connectivity index (χ3v) is 2.96. The average Bonchev–Trinajstić information content (AvgIpc) is 2.40. The minimum atomic E-state index is 0.747. The van der Waals surface area contributed by atoms with Gasteiger partial charge in [0.05, 0.1) is 7.11 Å². The molecule has 0 heterocycles. The van der Waals surface area contributed by atoms with E-state index in [0.717, 1.165) is 36.8 Å². The molecule has 2 N–H and O–H groups in total. The highest BCUT2D eigenvalue weighted by Gasteiger charge is 1.96. The maximum atomic E-state index is 5.18. The lowest BCUT2D eigenvalue weighted by atomic mass is 10.1. The molecular formula is C14H22N2OS. The first kappa shape index (κ1) is 14.8. The molecule has 100 valence electrons. The Balaban J connectivity index is 2.18. The number of methoxy groups -OCH3 is 1. The van der Waals surface area contributed by atoms with E-state index >= 15 is 0 Å². The van der Waals surface area contributed by atoms with Gasteiger partial charge in [-0.1, -0.05) is 25.5 Å². The molecule has 1 aromatic rings. The molecule has 18 heavy (non-hydrogen) atoms. The third kappa shape index (κ3) is 5.87. The summed E-state index contributed by atoms with van der Waals surface area (Å²) in [6.07, 6.45) is 3.29. The molecule has 0 fully saturated rings. The fraction of sp³-hybridized carbons (Fsp3) is 0.500. The zero-order chi connectivity index (χ0) is 13.2. The molecule has 0 atom stereocenters. The molecule has 0 radical (unpaired) electrons. The lowest BCUT2D eigenvalue weighted by Gasteiger charge is -2.10. The van der Waals surface area contributed by atoms with Crippen LogP contribution in [-0.4, -0.2) is 25.3 Å². The van der Waals surface area contributed by atoms with Gasteiger partial charge >= 0.3 is 0 Å². The van der Waals surface area contributed by atoms with Gasteiger partial charge in [-0.15, -0.1) is 0 Å². The number of nitrogens with one attached hydrogen (secondary N) is 2. The van der Waals surface area contributed by atoms with Gasteiger partial charge in [0.1, 0.15) is 5.75 Å². The molecular weight excluding hydrogens is 244 g/mol. The molecule has 0 saturated heterocycles. The zero-order valence-electron chi connectivity index (χ0n) is 11.2. The van der Waals surface area contributed by atoms with Gasteiger partial charge in [-0.2, -0.15) is 0 Å². The minimum absolute atomic E-state index is 0.747. The molecule has 0 aromatic heterocycles. The summed E-state index contributed by atoms with van der Waals surface area (Å²) in [7, 11) is 1.68. The Labute approximate surface area is 115 Å². The second-order valence-electron chi connectivity index (χ2n) is 4.13. The van der Waals surface area contributed by atoms with E-state index in [1.54, 1.807) is 7.11 Å². The summed E-state index contributed by atoms with van der Waals surface area (Å²) in [6, 6.07) is 8.11. The highest BCUT2D eigenvalue weighted by atomic mass is 32.1. The first-order valence-corrected chi connectivity index (χ1v) is 6.81. The van der Waals surface area contributed by atoms with Crippen molar-refractivity contribution in [3.63, 3.8) is 0 Å². The average molecular weight is 266 g/mol. The van der Waals surface area contributed by atoms with Gasteiger partial charge in [0.25, 0.3) is 0 Å². The van der Waals surface area contributed by atoms with Crippen LogP contribution in [-0.2, 0) is 6.42 Å². The van der Waals surface area contributed by atoms with E-state index < -0.39 is 0 Å². The summed E-state index contributed by atoms with van der Waals surface area (Å²) in [4.78, 5) is 0. The van der Waals surface area contributed by atoms with E-state index in [-0.39, 0.29) is 0 Å². The Morgan fingerprint density at radius 1 is 1.17 bits per heavy atom. The molecule has 0 amide bonds. The van der Waals surface area contributed by atoms with Crippen LogP contribution in [0.2, 0.25) is 0 Å². The predicted octanol–water partition coefficient (Wildman–Crippen LogP) is 2.50. The smallest absolute Gasteiger partial charge is 0.166 e. The maximum Gasteiger partial charge on any atom is 0.166 e. The van der Waals surface area contributed by atoms with Crippen LogP contribution in [0.15, 0.2) is 24.3 Å². The summed E-state index contributed by atoms with van der Waals surface area (Å²) in [5, 5.41) is 7.14. The maximum absolute atomic E-state index is 5.18. The van der Waals surface area contributed by atoms with Crippen LogP contribution in [0, 0.1) is 0 Å². The monoisotopic (exact) mass is 266 g/mol. The lowest BCUT2D eigenvalue weighted by Crippen LogP contribution is -2.36. The van der Waals surface area contributed by atoms with Crippen molar-refractivity contribution in [2.75, 3.05) is 20.2 Å². The van der Waals surface area contributed by atoms with Crippen LogP contribution in [0.1, 0.15) is 25.3 Å². The second kappa shape index (κ2) is 8.75. The van der Waals surface area contributed by atoms with Crippen LogP contribution < -0.4 is 15.4 Å². The number of hydrogen-bond donors (Lipinski definition) is 2. The molecule has 0 unspecified atom stereocenters. The first-order chi connectivity index (χ1) is 8.76. The zero-order valence-corrected chi connectivity index (χ0v) is 12.0. The molecule has 1 aromatic carbocycles. The van der Waals surface area contributed by atoms with E-state index in [9.17, 15) is 0 Å². The topological polar surface area (TPSA) is 33.3 Å². The summed E-state index contributed by atoms with van der Waals surface area (Å²) >= 11 is 5.18. The predicted molar refractivity (Wildman–Crippen MR) is 80.2 cm³/mol. The Hall–Kier alpha value is -1.29. The van der Waals surface area contributed by atoms with Crippen LogP contribution >= 0.6 is 12.2 Å². The van der Waals surface area contributed by atoms with Crippen molar-refractivity contribution >= 4 is 17.3 Å². The normalized spacial score (nSPS) is 9.89. The fourth-order valence-corrected chi connectivity index (χ4v) is 1.76. The number of ether oxygens (including phenoxy) is 1. The standard InChI is InChI=1S/C14H22N2OS/c1-3-4-10-15-14(18)16-11-9-12-5-7-13(17-2)8-6-12/h5-8H,3-4,9-11H2,1-2H3,(H2,15,16,18). The Morgan fingerprint density at radius 2 is 1.83 bits per heavy atom. The molecule has 0 aliphatic heterocycles. The van der Waals surface area contributed by atoms with Crippen molar-refractivity contribution in [3.8, 4) is 5.75 Å². The Bertz CT molecular complexity index is 351. The first-order valence-electron chi connectivity index (χ1n) is 6.41. The van der Waals surface area contributed by atoms with Crippen molar-refractivity contribution in [1.82, 2.24) is 10.6 Å². The van der Waals surface area contributed by atoms with Crippen LogP contribution in [0.3, 0.4) is 0 Å². The quantitative estimate of drug-likeness (QED) is 0.587. The largest absolute Gasteiger partial charge is 0.497 e. The van der Waals surface area contributed by atoms with Crippen molar-refractivity contribution in [3.05, 3.63) is 29.8 Å². The van der Waals surface area contributed by atoms with E-state index in [0.29, 0.717) is 0 Å². The fourth-order valence-electron chi connectivity index (χ4n) is 1.55. The van der Waals surface area contributed by atoms with Crippen molar-refractivity contribution in [2.45, 2.75) is 26.2 Å². The molecule has 4 heteroatoms. The van der Waals surface area contributed by atoms with Gasteiger partial charge < -0.3 is 15.4 Å². The number of benzene rings is 1. The Kier molecular flexibility index (Phi) is 7.18. The van der Waals surface area contributed by atoms with Crippen LogP contribution in [0.25, 0.3) is 0 Å². The molecule has 0 spiro atoms. The molecule has 0 bridgehead atoms. The van der Waals surface area contributed by atoms with Gasteiger partial charge in [-0.25, -0.2) is 0 Å². The summed E-state index contributed by atoms with van der Waals surface area (Å²) in [5.41, 5.74) is 1.28. The van der Waals surface area contributed by atoms with E-state index in [4.69, 9.17) is 17.0 Å². The van der Waals surface area contributed by atoms with Gasteiger partial charge in [0, 0.05) is 13.1 Å². The van der Waals surface area contributed by atoms with Crippen molar-refractivity contribution in [2.24, 2.45) is 0 Å². The summed E-state index contributed by atoms with van der Waals surface area (Å²) < 4.78 is 5.12. The van der Waals surface area contributed by atoms with Crippen molar-refractivity contribution < 1.29 is 4.74 Å². The van der Waals surface area contributed by atoms with Crippen LogP contribution in [0.4, 0.5) is 0 Å². The highest BCUT2D eigenvalue weighted by Crippen LogP contribution is 2.11. The Morgan fingerprint density at radius 3 is 2.44 bits per heavy atom. The number of unbranched alkanes of at least 4 members (excludes halogenated alkanes) is 1. The van der Waals surface area contributed by atoms with Crippen molar-refractivity contribution in [1.29, 1.82) is 0 Å².